The zero-order valence-electron chi connectivity index (χ0n) is 16.4. The number of amides is 1. The molecule has 0 spiro atoms. The van der Waals surface area contributed by atoms with Crippen molar-refractivity contribution in [2.45, 2.75) is 45.8 Å². The molecule has 1 unspecified atom stereocenters. The van der Waals surface area contributed by atoms with E-state index < -0.39 is 0 Å². The number of benzene rings is 1. The number of piperazine rings is 1. The second kappa shape index (κ2) is 7.00. The molecule has 2 aromatic rings. The van der Waals surface area contributed by atoms with Crippen LogP contribution in [0.25, 0.3) is 0 Å². The summed E-state index contributed by atoms with van der Waals surface area (Å²) in [6.45, 7) is 11.0. The molecule has 1 atom stereocenters. The van der Waals surface area contributed by atoms with Crippen molar-refractivity contribution < 1.29 is 9.53 Å². The Morgan fingerprint density at radius 2 is 1.96 bits per heavy atom. The maximum Gasteiger partial charge on any atom is 0.410 e. The molecule has 2 fully saturated rings. The lowest BCUT2D eigenvalue weighted by atomic mass is 9.88. The van der Waals surface area contributed by atoms with Crippen molar-refractivity contribution in [3.8, 4) is 0 Å². The summed E-state index contributed by atoms with van der Waals surface area (Å²) in [5.74, 6) is 0. The quantitative estimate of drug-likeness (QED) is 0.814. The van der Waals surface area contributed by atoms with Gasteiger partial charge in [0.1, 0.15) is 6.61 Å². The van der Waals surface area contributed by atoms with E-state index >= 15 is 0 Å². The smallest absolute Gasteiger partial charge is 0.410 e. The molecule has 1 amide bonds. The van der Waals surface area contributed by atoms with Gasteiger partial charge >= 0.3 is 6.09 Å². The van der Waals surface area contributed by atoms with Crippen molar-refractivity contribution >= 4 is 6.09 Å². The summed E-state index contributed by atoms with van der Waals surface area (Å²) in [5.41, 5.74) is 4.62. The zero-order valence-corrected chi connectivity index (χ0v) is 16.4. The van der Waals surface area contributed by atoms with Gasteiger partial charge in [-0.3, -0.25) is 14.5 Å². The number of ether oxygens (including phenoxy) is 1. The van der Waals surface area contributed by atoms with Crippen LogP contribution in [0.15, 0.2) is 30.3 Å². The first-order valence-electron chi connectivity index (χ1n) is 9.76. The van der Waals surface area contributed by atoms with E-state index in [1.807, 2.05) is 11.0 Å². The van der Waals surface area contributed by atoms with Crippen LogP contribution in [0.5, 0.6) is 0 Å². The van der Waals surface area contributed by atoms with Crippen molar-refractivity contribution in [1.29, 1.82) is 0 Å². The molecule has 6 heteroatoms. The van der Waals surface area contributed by atoms with Crippen LogP contribution in [-0.2, 0) is 24.2 Å². The first kappa shape index (κ1) is 18.0. The molecule has 1 aromatic carbocycles. The number of hydrogen-bond donors (Lipinski definition) is 0. The predicted molar refractivity (Wildman–Crippen MR) is 104 cm³/mol. The molecule has 0 bridgehead atoms. The predicted octanol–water partition coefficient (Wildman–Crippen LogP) is 2.77. The molecule has 2 saturated heterocycles. The summed E-state index contributed by atoms with van der Waals surface area (Å²) in [5, 5.41) is 4.66. The van der Waals surface area contributed by atoms with E-state index in [9.17, 15) is 4.79 Å². The van der Waals surface area contributed by atoms with Gasteiger partial charge in [-0.2, -0.15) is 5.10 Å². The summed E-state index contributed by atoms with van der Waals surface area (Å²) >= 11 is 0. The van der Waals surface area contributed by atoms with Crippen LogP contribution in [0, 0.1) is 13.8 Å². The summed E-state index contributed by atoms with van der Waals surface area (Å²) in [6.07, 6.45) is 0.652. The van der Waals surface area contributed by atoms with Crippen LogP contribution in [0.4, 0.5) is 4.79 Å². The Kier molecular flexibility index (Phi) is 4.68. The standard InChI is InChI=1S/C21H28N4O2/c1-4-25-17(3)19(16(2)22-25)13-23-10-11-24-20(26)27-15-21(24,14-23)12-18-8-6-5-7-9-18/h5-9H,4,10-15H2,1-3H3. The van der Waals surface area contributed by atoms with Crippen LogP contribution in [0.3, 0.4) is 0 Å². The molecule has 3 heterocycles. The van der Waals surface area contributed by atoms with Crippen molar-refractivity contribution in [3.05, 3.63) is 52.8 Å². The fourth-order valence-corrected chi connectivity index (χ4v) is 4.55. The highest BCUT2D eigenvalue weighted by atomic mass is 16.6. The minimum atomic E-state index is -0.279. The Morgan fingerprint density at radius 1 is 1.19 bits per heavy atom. The van der Waals surface area contributed by atoms with Gasteiger partial charge in [-0.05, 0) is 26.3 Å². The summed E-state index contributed by atoms with van der Waals surface area (Å²) < 4.78 is 7.56. The van der Waals surface area contributed by atoms with Crippen molar-refractivity contribution in [3.63, 3.8) is 0 Å². The van der Waals surface area contributed by atoms with E-state index in [-0.39, 0.29) is 11.6 Å². The number of carbonyl (C=O) groups excluding carboxylic acids is 1. The molecule has 0 radical (unpaired) electrons. The average molecular weight is 368 g/mol. The SMILES string of the molecule is CCn1nc(C)c(CN2CCN3C(=O)OCC3(Cc3ccccc3)C2)c1C. The van der Waals surface area contributed by atoms with Gasteiger partial charge in [-0.25, -0.2) is 4.79 Å². The number of rotatable bonds is 5. The summed E-state index contributed by atoms with van der Waals surface area (Å²) in [4.78, 5) is 16.7. The molecule has 0 saturated carbocycles. The summed E-state index contributed by atoms with van der Waals surface area (Å²) in [6, 6.07) is 10.4. The third-order valence-corrected chi connectivity index (χ3v) is 6.00. The number of nitrogens with zero attached hydrogens (tertiary/aromatic N) is 4. The molecule has 2 aliphatic rings. The normalized spacial score (nSPS) is 22.8. The Labute approximate surface area is 160 Å². The lowest BCUT2D eigenvalue weighted by Crippen LogP contribution is -2.62. The first-order valence-corrected chi connectivity index (χ1v) is 9.76. The van der Waals surface area contributed by atoms with E-state index in [2.05, 4.69) is 59.7 Å². The second-order valence-corrected chi connectivity index (χ2v) is 7.77. The topological polar surface area (TPSA) is 50.6 Å². The van der Waals surface area contributed by atoms with Crippen LogP contribution in [0.2, 0.25) is 0 Å². The zero-order chi connectivity index (χ0) is 19.0. The number of hydrogen-bond acceptors (Lipinski definition) is 4. The van der Waals surface area contributed by atoms with E-state index in [1.54, 1.807) is 0 Å². The highest BCUT2D eigenvalue weighted by Crippen LogP contribution is 2.33. The van der Waals surface area contributed by atoms with Gasteiger partial charge in [-0.1, -0.05) is 30.3 Å². The molecular formula is C21H28N4O2. The number of fused-ring (bicyclic) bond motifs is 1. The van der Waals surface area contributed by atoms with Crippen LogP contribution in [0.1, 0.15) is 29.4 Å². The molecular weight excluding hydrogens is 340 g/mol. The second-order valence-electron chi connectivity index (χ2n) is 7.77. The molecule has 144 valence electrons. The van der Waals surface area contributed by atoms with Crippen molar-refractivity contribution in [1.82, 2.24) is 19.6 Å². The molecule has 6 nitrogen and oxygen atoms in total. The minimum absolute atomic E-state index is 0.170. The monoisotopic (exact) mass is 368 g/mol. The Hall–Kier alpha value is -2.34. The largest absolute Gasteiger partial charge is 0.447 e. The Bertz CT molecular complexity index is 832. The van der Waals surface area contributed by atoms with Gasteiger partial charge in [0, 0.05) is 50.4 Å². The molecule has 0 aliphatic carbocycles. The van der Waals surface area contributed by atoms with Crippen molar-refractivity contribution in [2.24, 2.45) is 0 Å². The third kappa shape index (κ3) is 3.23. The number of aromatic nitrogens is 2. The highest BCUT2D eigenvalue weighted by Gasteiger charge is 2.50. The van der Waals surface area contributed by atoms with E-state index in [4.69, 9.17) is 4.74 Å². The van der Waals surface area contributed by atoms with Crippen LogP contribution < -0.4 is 0 Å². The molecule has 4 rings (SSSR count). The number of carbonyl (C=O) groups is 1. The summed E-state index contributed by atoms with van der Waals surface area (Å²) in [7, 11) is 0. The van der Waals surface area contributed by atoms with E-state index in [0.717, 1.165) is 38.3 Å². The van der Waals surface area contributed by atoms with Crippen molar-refractivity contribution in [2.75, 3.05) is 26.2 Å². The third-order valence-electron chi connectivity index (χ3n) is 6.00. The molecule has 2 aliphatic heterocycles. The highest BCUT2D eigenvalue weighted by molar-refractivity contribution is 5.71. The van der Waals surface area contributed by atoms with E-state index in [0.29, 0.717) is 13.2 Å². The average Bonchev–Trinajstić information content (AvgIpc) is 3.13. The minimum Gasteiger partial charge on any atom is -0.447 e. The fourth-order valence-electron chi connectivity index (χ4n) is 4.55. The van der Waals surface area contributed by atoms with E-state index in [1.165, 1.54) is 16.8 Å². The Balaban J connectivity index is 1.57. The number of aryl methyl sites for hydroxylation is 2. The first-order chi connectivity index (χ1) is 13.0. The lowest BCUT2D eigenvalue weighted by Gasteiger charge is -2.45. The van der Waals surface area contributed by atoms with Gasteiger partial charge < -0.3 is 4.74 Å². The molecule has 1 aromatic heterocycles. The maximum atomic E-state index is 12.3. The molecule has 27 heavy (non-hydrogen) atoms. The van der Waals surface area contributed by atoms with Crippen LogP contribution in [-0.4, -0.2) is 57.5 Å². The van der Waals surface area contributed by atoms with Gasteiger partial charge in [0.15, 0.2) is 0 Å². The number of cyclic esters (lactones) is 1. The fraction of sp³-hybridized carbons (Fsp3) is 0.524. The maximum absolute atomic E-state index is 12.3. The van der Waals surface area contributed by atoms with Gasteiger partial charge in [0.05, 0.1) is 11.2 Å². The van der Waals surface area contributed by atoms with Gasteiger partial charge in [-0.15, -0.1) is 0 Å². The Morgan fingerprint density at radius 3 is 2.67 bits per heavy atom. The lowest BCUT2D eigenvalue weighted by molar-refractivity contribution is 0.0474. The van der Waals surface area contributed by atoms with Crippen LogP contribution >= 0.6 is 0 Å². The van der Waals surface area contributed by atoms with Gasteiger partial charge in [0.25, 0.3) is 0 Å². The van der Waals surface area contributed by atoms with Gasteiger partial charge in [0.2, 0.25) is 0 Å². The molecule has 0 N–H and O–H groups in total.